The number of hydrogen-bond acceptors (Lipinski definition) is 9. The minimum atomic E-state index is -0.192. The number of piperidine rings is 1. The molecule has 0 radical (unpaired) electrons. The van der Waals surface area contributed by atoms with Crippen LogP contribution in [0.25, 0.3) is 0 Å². The summed E-state index contributed by atoms with van der Waals surface area (Å²) in [6, 6.07) is 13.8. The Morgan fingerprint density at radius 2 is 1.79 bits per heavy atom. The molecule has 10 heteroatoms. The summed E-state index contributed by atoms with van der Waals surface area (Å²) in [4.78, 5) is 33.5. The highest BCUT2D eigenvalue weighted by atomic mass is 16.7. The molecule has 10 nitrogen and oxygen atoms in total. The SMILES string of the molecule is CCOC(=O)C1CCN(C(=O)c2coc(CN(Cc3cccc(OC)c3)Cc3ccc4c(c3)OCO4)n2)CC1. The van der Waals surface area contributed by atoms with Gasteiger partial charge in [-0.05, 0) is 55.2 Å². The number of benzene rings is 2. The van der Waals surface area contributed by atoms with E-state index in [1.807, 2.05) is 42.5 Å². The molecule has 1 amide bonds. The normalized spacial score (nSPS) is 15.0. The minimum Gasteiger partial charge on any atom is -0.497 e. The Bertz CT molecular complexity index is 1300. The molecule has 2 aromatic carbocycles. The number of ether oxygens (including phenoxy) is 4. The highest BCUT2D eigenvalue weighted by molar-refractivity contribution is 5.92. The van der Waals surface area contributed by atoms with Crippen LogP contribution in [0.4, 0.5) is 0 Å². The van der Waals surface area contributed by atoms with E-state index in [9.17, 15) is 9.59 Å². The summed E-state index contributed by atoms with van der Waals surface area (Å²) in [5.74, 6) is 2.15. The molecule has 5 rings (SSSR count). The van der Waals surface area contributed by atoms with Crippen LogP contribution in [-0.4, -0.2) is 60.3 Å². The minimum absolute atomic E-state index is 0.164. The number of fused-ring (bicyclic) bond motifs is 1. The summed E-state index contributed by atoms with van der Waals surface area (Å²) < 4.78 is 27.3. The van der Waals surface area contributed by atoms with E-state index in [1.165, 1.54) is 6.26 Å². The van der Waals surface area contributed by atoms with Crippen molar-refractivity contribution in [3.05, 3.63) is 71.4 Å². The predicted molar refractivity (Wildman–Crippen MR) is 140 cm³/mol. The summed E-state index contributed by atoms with van der Waals surface area (Å²) >= 11 is 0. The molecule has 0 aliphatic carbocycles. The molecule has 206 valence electrons. The molecular weight excluding hydrogens is 502 g/mol. The summed E-state index contributed by atoms with van der Waals surface area (Å²) in [6.07, 6.45) is 2.58. The van der Waals surface area contributed by atoms with Gasteiger partial charge in [-0.15, -0.1) is 0 Å². The molecule has 1 fully saturated rings. The monoisotopic (exact) mass is 535 g/mol. The number of likely N-dealkylation sites (tertiary alicyclic amines) is 1. The maximum atomic E-state index is 13.1. The van der Waals surface area contributed by atoms with E-state index in [4.69, 9.17) is 23.4 Å². The number of methoxy groups -OCH3 is 1. The fourth-order valence-corrected chi connectivity index (χ4v) is 4.91. The van der Waals surface area contributed by atoms with E-state index in [2.05, 4.69) is 9.88 Å². The highest BCUT2D eigenvalue weighted by Crippen LogP contribution is 2.33. The van der Waals surface area contributed by atoms with Gasteiger partial charge in [-0.25, -0.2) is 4.98 Å². The van der Waals surface area contributed by atoms with Crippen molar-refractivity contribution in [3.63, 3.8) is 0 Å². The molecule has 39 heavy (non-hydrogen) atoms. The molecule has 0 atom stereocenters. The average Bonchev–Trinajstić information content (AvgIpc) is 3.62. The number of esters is 1. The Balaban J connectivity index is 1.26. The maximum Gasteiger partial charge on any atom is 0.309 e. The van der Waals surface area contributed by atoms with Crippen LogP contribution in [-0.2, 0) is 29.2 Å². The smallest absolute Gasteiger partial charge is 0.309 e. The number of amides is 1. The second kappa shape index (κ2) is 12.2. The van der Waals surface area contributed by atoms with Crippen LogP contribution in [0.15, 0.2) is 53.1 Å². The molecule has 2 aliphatic rings. The summed E-state index contributed by atoms with van der Waals surface area (Å²) in [5.41, 5.74) is 2.39. The second-order valence-corrected chi connectivity index (χ2v) is 9.63. The number of oxazole rings is 1. The van der Waals surface area contributed by atoms with Gasteiger partial charge in [0, 0.05) is 26.2 Å². The molecule has 2 aliphatic heterocycles. The quantitative estimate of drug-likeness (QED) is 0.356. The largest absolute Gasteiger partial charge is 0.497 e. The number of carbonyl (C=O) groups excluding carboxylic acids is 2. The van der Waals surface area contributed by atoms with E-state index in [0.29, 0.717) is 58.1 Å². The lowest BCUT2D eigenvalue weighted by Crippen LogP contribution is -2.40. The zero-order chi connectivity index (χ0) is 27.2. The van der Waals surface area contributed by atoms with Gasteiger partial charge in [-0.1, -0.05) is 18.2 Å². The first-order valence-corrected chi connectivity index (χ1v) is 13.2. The van der Waals surface area contributed by atoms with E-state index in [0.717, 1.165) is 28.4 Å². The Hall–Kier alpha value is -4.05. The first-order valence-electron chi connectivity index (χ1n) is 13.2. The number of hydrogen-bond donors (Lipinski definition) is 0. The van der Waals surface area contributed by atoms with Crippen molar-refractivity contribution < 1.29 is 33.0 Å². The van der Waals surface area contributed by atoms with Gasteiger partial charge < -0.3 is 28.3 Å². The van der Waals surface area contributed by atoms with E-state index in [-0.39, 0.29) is 30.3 Å². The second-order valence-electron chi connectivity index (χ2n) is 9.63. The van der Waals surface area contributed by atoms with Crippen LogP contribution in [0, 0.1) is 5.92 Å². The highest BCUT2D eigenvalue weighted by Gasteiger charge is 2.30. The molecule has 3 heterocycles. The Kier molecular flexibility index (Phi) is 8.31. The van der Waals surface area contributed by atoms with Crippen molar-refractivity contribution >= 4 is 11.9 Å². The van der Waals surface area contributed by atoms with Crippen LogP contribution in [0.1, 0.15) is 47.3 Å². The number of rotatable bonds is 10. The first-order chi connectivity index (χ1) is 19.0. The molecule has 1 saturated heterocycles. The molecule has 0 N–H and O–H groups in total. The van der Waals surface area contributed by atoms with E-state index < -0.39 is 0 Å². The van der Waals surface area contributed by atoms with Crippen LogP contribution in [0.2, 0.25) is 0 Å². The van der Waals surface area contributed by atoms with Gasteiger partial charge in [0.25, 0.3) is 5.91 Å². The molecule has 0 spiro atoms. The standard InChI is InChI=1S/C29H33N3O7/c1-3-36-29(34)22-9-11-32(12-10-22)28(33)24-18-37-27(30-24)17-31(15-20-5-4-6-23(13-20)35-2)16-21-7-8-25-26(14-21)39-19-38-25/h4-8,13-14,18,22H,3,9-12,15-17,19H2,1-2H3. The Labute approximate surface area is 227 Å². The number of carbonyl (C=O) groups is 2. The maximum absolute atomic E-state index is 13.1. The average molecular weight is 536 g/mol. The third kappa shape index (κ3) is 6.51. The van der Waals surface area contributed by atoms with Gasteiger partial charge >= 0.3 is 5.97 Å². The Morgan fingerprint density at radius 3 is 2.56 bits per heavy atom. The molecule has 0 bridgehead atoms. The lowest BCUT2D eigenvalue weighted by molar-refractivity contribution is -0.149. The van der Waals surface area contributed by atoms with E-state index in [1.54, 1.807) is 18.9 Å². The predicted octanol–water partition coefficient (Wildman–Crippen LogP) is 4.03. The zero-order valence-corrected chi connectivity index (χ0v) is 22.3. The van der Waals surface area contributed by atoms with Gasteiger partial charge in [0.2, 0.25) is 12.7 Å². The fraction of sp³-hybridized carbons (Fsp3) is 0.414. The van der Waals surface area contributed by atoms with Crippen molar-refractivity contribution in [1.29, 1.82) is 0 Å². The van der Waals surface area contributed by atoms with Gasteiger partial charge in [-0.2, -0.15) is 0 Å². The lowest BCUT2D eigenvalue weighted by atomic mass is 9.97. The summed E-state index contributed by atoms with van der Waals surface area (Å²) in [6.45, 7) is 4.95. The summed E-state index contributed by atoms with van der Waals surface area (Å²) in [7, 11) is 1.65. The molecule has 1 aromatic heterocycles. The van der Waals surface area contributed by atoms with Crippen molar-refractivity contribution in [1.82, 2.24) is 14.8 Å². The van der Waals surface area contributed by atoms with Crippen LogP contribution in [0.3, 0.4) is 0 Å². The van der Waals surface area contributed by atoms with Crippen LogP contribution < -0.4 is 14.2 Å². The number of aromatic nitrogens is 1. The van der Waals surface area contributed by atoms with Crippen LogP contribution in [0.5, 0.6) is 17.2 Å². The fourth-order valence-electron chi connectivity index (χ4n) is 4.91. The van der Waals surface area contributed by atoms with Gasteiger partial charge in [0.15, 0.2) is 17.2 Å². The van der Waals surface area contributed by atoms with Crippen molar-refractivity contribution in [3.8, 4) is 17.2 Å². The van der Waals surface area contributed by atoms with Gasteiger partial charge in [0.1, 0.15) is 12.0 Å². The third-order valence-electron chi connectivity index (χ3n) is 6.92. The van der Waals surface area contributed by atoms with Crippen molar-refractivity contribution in [2.24, 2.45) is 5.92 Å². The molecule has 3 aromatic rings. The van der Waals surface area contributed by atoms with Crippen molar-refractivity contribution in [2.75, 3.05) is 33.6 Å². The molecule has 0 saturated carbocycles. The topological polar surface area (TPSA) is 104 Å². The molecular formula is C29H33N3O7. The molecule has 0 unspecified atom stereocenters. The Morgan fingerprint density at radius 1 is 1.03 bits per heavy atom. The van der Waals surface area contributed by atoms with Gasteiger partial charge in [-0.3, -0.25) is 14.5 Å². The first kappa shape index (κ1) is 26.6. The van der Waals surface area contributed by atoms with E-state index >= 15 is 0 Å². The van der Waals surface area contributed by atoms with Crippen molar-refractivity contribution in [2.45, 2.75) is 39.4 Å². The van der Waals surface area contributed by atoms with Crippen LogP contribution >= 0.6 is 0 Å². The number of nitrogens with zero attached hydrogens (tertiary/aromatic N) is 3. The summed E-state index contributed by atoms with van der Waals surface area (Å²) in [5, 5.41) is 0. The third-order valence-corrected chi connectivity index (χ3v) is 6.92. The van der Waals surface area contributed by atoms with Gasteiger partial charge in [0.05, 0.1) is 26.2 Å². The lowest BCUT2D eigenvalue weighted by Gasteiger charge is -2.30. The zero-order valence-electron chi connectivity index (χ0n) is 22.3.